The number of carboxylic acids is 2. The van der Waals surface area contributed by atoms with Gasteiger partial charge in [0.15, 0.2) is 0 Å². The molecule has 0 spiro atoms. The molecule has 0 amide bonds. The molecule has 1 unspecified atom stereocenters. The van der Waals surface area contributed by atoms with Gasteiger partial charge >= 0.3 is 11.9 Å². The fourth-order valence-corrected chi connectivity index (χ4v) is 5.56. The van der Waals surface area contributed by atoms with E-state index in [4.69, 9.17) is 4.74 Å². The lowest BCUT2D eigenvalue weighted by Crippen LogP contribution is -2.50. The van der Waals surface area contributed by atoms with Gasteiger partial charge < -0.3 is 20.1 Å². The predicted molar refractivity (Wildman–Crippen MR) is 93.8 cm³/mol. The minimum absolute atomic E-state index is 0.0267. The topological polar surface area (TPSA) is 104 Å². The third-order valence-electron chi connectivity index (χ3n) is 4.84. The second-order valence-electron chi connectivity index (χ2n) is 6.54. The highest BCUT2D eigenvalue weighted by Gasteiger charge is 2.44. The molecule has 0 radical (unpaired) electrons. The Morgan fingerprint density at radius 2 is 1.71 bits per heavy atom. The summed E-state index contributed by atoms with van der Waals surface area (Å²) in [5.41, 5.74) is 1.10. The minimum Gasteiger partial charge on any atom is -0.478 e. The lowest BCUT2D eigenvalue weighted by Gasteiger charge is -2.44. The van der Waals surface area contributed by atoms with Crippen molar-refractivity contribution in [1.82, 2.24) is 0 Å². The van der Waals surface area contributed by atoms with Crippen LogP contribution in [0, 0.1) is 0 Å². The summed E-state index contributed by atoms with van der Waals surface area (Å²) in [6.45, 7) is 7.55. The summed E-state index contributed by atoms with van der Waals surface area (Å²) in [5.74, 6) is -2.20. The molecule has 0 aromatic carbocycles. The van der Waals surface area contributed by atoms with Crippen LogP contribution in [-0.4, -0.2) is 54.5 Å². The van der Waals surface area contributed by atoms with Gasteiger partial charge in [-0.2, -0.15) is 0 Å². The molecule has 24 heavy (non-hydrogen) atoms. The van der Waals surface area contributed by atoms with Crippen molar-refractivity contribution in [2.45, 2.75) is 57.8 Å². The number of aliphatic hydroxyl groups excluding tert-OH is 1. The van der Waals surface area contributed by atoms with E-state index in [2.05, 4.69) is 13.1 Å². The van der Waals surface area contributed by atoms with E-state index in [1.807, 2.05) is 0 Å². The number of ether oxygens (including phenoxy) is 1. The van der Waals surface area contributed by atoms with Crippen molar-refractivity contribution >= 4 is 20.7 Å². The third-order valence-corrected chi connectivity index (χ3v) is 7.45. The number of hydrogen-bond acceptors (Lipinski definition) is 4. The SMILES string of the molecule is CC(C(=O)O)=C(C)C(=C(CCO)C(=O)O)C1([SiH](C)C)CCCCO1. The van der Waals surface area contributed by atoms with Gasteiger partial charge in [0.05, 0.1) is 14.0 Å². The molecule has 6 nitrogen and oxygen atoms in total. The second kappa shape index (κ2) is 8.59. The standard InChI is InChI=1S/C17H28O6Si/c1-11(12(2)15(19)20)14(13(7-9-18)16(21)22)17(24(3)4)8-5-6-10-23-17/h18,24H,5-10H2,1-4H3,(H,19,20)(H,21,22). The summed E-state index contributed by atoms with van der Waals surface area (Å²) in [6, 6.07) is 0. The summed E-state index contributed by atoms with van der Waals surface area (Å²) in [4.78, 5) is 23.3. The number of carbonyl (C=O) groups is 2. The Labute approximate surface area is 144 Å². The van der Waals surface area contributed by atoms with Crippen molar-refractivity contribution in [3.8, 4) is 0 Å². The molecule has 0 aromatic heterocycles. The van der Waals surface area contributed by atoms with Crippen molar-refractivity contribution < 1.29 is 29.6 Å². The quantitative estimate of drug-likeness (QED) is 0.367. The first-order valence-electron chi connectivity index (χ1n) is 8.31. The van der Waals surface area contributed by atoms with E-state index in [-0.39, 0.29) is 24.2 Å². The van der Waals surface area contributed by atoms with Crippen LogP contribution in [0.3, 0.4) is 0 Å². The summed E-state index contributed by atoms with van der Waals surface area (Å²) < 4.78 is 6.15. The Kier molecular flexibility index (Phi) is 7.38. The van der Waals surface area contributed by atoms with E-state index in [1.165, 1.54) is 6.92 Å². The fraction of sp³-hybridized carbons (Fsp3) is 0.647. The maximum absolute atomic E-state index is 11.9. The zero-order valence-corrected chi connectivity index (χ0v) is 16.0. The normalized spacial score (nSPS) is 23.6. The lowest BCUT2D eigenvalue weighted by atomic mass is 9.87. The molecule has 3 N–H and O–H groups in total. The Morgan fingerprint density at radius 1 is 1.08 bits per heavy atom. The van der Waals surface area contributed by atoms with Crippen LogP contribution in [0.1, 0.15) is 39.5 Å². The molecule has 1 rings (SSSR count). The predicted octanol–water partition coefficient (Wildman–Crippen LogP) is 2.14. The zero-order valence-electron chi connectivity index (χ0n) is 14.9. The number of aliphatic carboxylic acids is 2. The fourth-order valence-electron chi connectivity index (χ4n) is 3.36. The number of aliphatic hydroxyl groups is 1. The molecule has 0 aliphatic carbocycles. The van der Waals surface area contributed by atoms with Gasteiger partial charge in [0, 0.05) is 30.8 Å². The van der Waals surface area contributed by atoms with E-state index >= 15 is 0 Å². The van der Waals surface area contributed by atoms with E-state index in [0.29, 0.717) is 24.2 Å². The van der Waals surface area contributed by atoms with Crippen LogP contribution >= 0.6 is 0 Å². The molecule has 0 saturated carbocycles. The Bertz CT molecular complexity index is 555. The smallest absolute Gasteiger partial charge is 0.332 e. The van der Waals surface area contributed by atoms with Gasteiger partial charge in [-0.05, 0) is 44.3 Å². The molecule has 1 saturated heterocycles. The van der Waals surface area contributed by atoms with Gasteiger partial charge in [0.1, 0.15) is 0 Å². The first kappa shape index (κ1) is 20.6. The van der Waals surface area contributed by atoms with Crippen LogP contribution in [0.4, 0.5) is 0 Å². The van der Waals surface area contributed by atoms with Crippen LogP contribution in [0.2, 0.25) is 13.1 Å². The number of carboxylic acid groups (broad SMARTS) is 2. The molecule has 7 heteroatoms. The third kappa shape index (κ3) is 4.14. The van der Waals surface area contributed by atoms with Gasteiger partial charge in [-0.3, -0.25) is 0 Å². The molecule has 0 bridgehead atoms. The Morgan fingerprint density at radius 3 is 2.08 bits per heavy atom. The summed E-state index contributed by atoms with van der Waals surface area (Å²) in [7, 11) is -1.55. The number of hydrogen-bond donors (Lipinski definition) is 3. The van der Waals surface area contributed by atoms with Gasteiger partial charge in [-0.1, -0.05) is 13.1 Å². The van der Waals surface area contributed by atoms with Gasteiger partial charge in [-0.25, -0.2) is 9.59 Å². The van der Waals surface area contributed by atoms with Crippen LogP contribution < -0.4 is 0 Å². The molecule has 0 aromatic rings. The molecule has 1 fully saturated rings. The first-order valence-corrected chi connectivity index (χ1v) is 11.2. The van der Waals surface area contributed by atoms with E-state index < -0.39 is 26.0 Å². The second-order valence-corrected chi connectivity index (χ2v) is 9.78. The molecule has 1 aliphatic heterocycles. The van der Waals surface area contributed by atoms with Gasteiger partial charge in [0.25, 0.3) is 0 Å². The largest absolute Gasteiger partial charge is 0.478 e. The first-order chi connectivity index (χ1) is 11.2. The van der Waals surface area contributed by atoms with Crippen molar-refractivity contribution in [2.75, 3.05) is 13.2 Å². The van der Waals surface area contributed by atoms with E-state index in [0.717, 1.165) is 12.8 Å². The maximum Gasteiger partial charge on any atom is 0.332 e. The van der Waals surface area contributed by atoms with Gasteiger partial charge in [-0.15, -0.1) is 0 Å². The van der Waals surface area contributed by atoms with Crippen LogP contribution in [-0.2, 0) is 14.3 Å². The van der Waals surface area contributed by atoms with Crippen molar-refractivity contribution in [2.24, 2.45) is 0 Å². The Hall–Kier alpha value is -1.44. The van der Waals surface area contributed by atoms with Crippen LogP contribution in [0.15, 0.2) is 22.3 Å². The molecular weight excluding hydrogens is 328 g/mol. The van der Waals surface area contributed by atoms with E-state index in [9.17, 15) is 24.9 Å². The molecule has 1 aliphatic rings. The highest BCUT2D eigenvalue weighted by Crippen LogP contribution is 2.41. The molecule has 136 valence electrons. The maximum atomic E-state index is 11.9. The van der Waals surface area contributed by atoms with E-state index in [1.54, 1.807) is 6.92 Å². The highest BCUT2D eigenvalue weighted by molar-refractivity contribution is 6.60. The monoisotopic (exact) mass is 356 g/mol. The summed E-state index contributed by atoms with van der Waals surface area (Å²) in [5, 5.41) is 27.7. The van der Waals surface area contributed by atoms with Crippen molar-refractivity contribution in [3.63, 3.8) is 0 Å². The molecule has 1 atom stereocenters. The molecular formula is C17H28O6Si. The van der Waals surface area contributed by atoms with Crippen molar-refractivity contribution in [1.29, 1.82) is 0 Å². The minimum atomic E-state index is -1.55. The van der Waals surface area contributed by atoms with Crippen LogP contribution in [0.25, 0.3) is 0 Å². The average Bonchev–Trinajstić information content (AvgIpc) is 2.53. The number of rotatable bonds is 7. The zero-order chi connectivity index (χ0) is 18.5. The Balaban J connectivity index is 3.76. The highest BCUT2D eigenvalue weighted by atomic mass is 28.3. The van der Waals surface area contributed by atoms with Crippen LogP contribution in [0.5, 0.6) is 0 Å². The lowest BCUT2D eigenvalue weighted by molar-refractivity contribution is -0.134. The average molecular weight is 356 g/mol. The summed E-state index contributed by atoms with van der Waals surface area (Å²) >= 11 is 0. The summed E-state index contributed by atoms with van der Waals surface area (Å²) in [6.07, 6.45) is 2.50. The van der Waals surface area contributed by atoms with Crippen molar-refractivity contribution in [3.05, 3.63) is 22.3 Å². The van der Waals surface area contributed by atoms with Gasteiger partial charge in [0.2, 0.25) is 0 Å². The molecule has 1 heterocycles.